The maximum Gasteiger partial charge on any atom is 0.293 e. The normalized spacial score (nSPS) is 9.95. The van der Waals surface area contributed by atoms with Gasteiger partial charge in [0, 0.05) is 18.5 Å². The molecule has 0 aliphatic carbocycles. The number of benzene rings is 1. The molecule has 19 heavy (non-hydrogen) atoms. The fraction of sp³-hybridized carbons (Fsp3) is 0.0833. The molecule has 0 aliphatic rings. The van der Waals surface area contributed by atoms with Gasteiger partial charge in [0.05, 0.1) is 10.5 Å². The van der Waals surface area contributed by atoms with Crippen LogP contribution in [-0.4, -0.2) is 20.8 Å². The maximum atomic E-state index is 11.9. The summed E-state index contributed by atoms with van der Waals surface area (Å²) in [7, 11) is 0. The van der Waals surface area contributed by atoms with E-state index < -0.39 is 10.8 Å². The Balaban J connectivity index is 2.29. The molecule has 0 atom stereocenters. The molecule has 0 fully saturated rings. The number of anilines is 1. The number of hydrogen-bond acceptors (Lipinski definition) is 5. The van der Waals surface area contributed by atoms with Crippen LogP contribution in [0.5, 0.6) is 0 Å². The first kappa shape index (κ1) is 12.6. The summed E-state index contributed by atoms with van der Waals surface area (Å²) in [6.07, 6.45) is 3.97. The first-order chi connectivity index (χ1) is 9.08. The number of aromatic nitrogens is 2. The second-order valence-corrected chi connectivity index (χ2v) is 3.86. The molecule has 96 valence electrons. The first-order valence-electron chi connectivity index (χ1n) is 5.39. The molecular formula is C12H10N4O3. The highest BCUT2D eigenvalue weighted by molar-refractivity contribution is 6.05. The van der Waals surface area contributed by atoms with Gasteiger partial charge in [0.1, 0.15) is 12.0 Å². The zero-order chi connectivity index (χ0) is 13.8. The summed E-state index contributed by atoms with van der Waals surface area (Å²) in [6.45, 7) is 1.74. The van der Waals surface area contributed by atoms with Crippen LogP contribution in [-0.2, 0) is 0 Å². The zero-order valence-corrected chi connectivity index (χ0v) is 10.0. The molecule has 1 heterocycles. The predicted molar refractivity (Wildman–Crippen MR) is 67.8 cm³/mol. The summed E-state index contributed by atoms with van der Waals surface area (Å²) in [4.78, 5) is 29.7. The molecule has 1 aromatic heterocycles. The second-order valence-electron chi connectivity index (χ2n) is 3.86. The van der Waals surface area contributed by atoms with Crippen molar-refractivity contribution in [3.8, 4) is 0 Å². The number of carbonyl (C=O) groups is 1. The molecule has 2 aromatic rings. The van der Waals surface area contributed by atoms with Gasteiger partial charge in [0.2, 0.25) is 0 Å². The number of carbonyl (C=O) groups excluding carboxylic acids is 1. The van der Waals surface area contributed by atoms with Crippen molar-refractivity contribution in [2.24, 2.45) is 0 Å². The van der Waals surface area contributed by atoms with Crippen LogP contribution < -0.4 is 5.32 Å². The van der Waals surface area contributed by atoms with Crippen molar-refractivity contribution in [3.05, 3.63) is 58.2 Å². The topological polar surface area (TPSA) is 98.0 Å². The van der Waals surface area contributed by atoms with Gasteiger partial charge in [-0.3, -0.25) is 14.9 Å². The van der Waals surface area contributed by atoms with Gasteiger partial charge in [-0.2, -0.15) is 0 Å². The van der Waals surface area contributed by atoms with E-state index in [9.17, 15) is 14.9 Å². The second kappa shape index (κ2) is 5.21. The van der Waals surface area contributed by atoms with Crippen LogP contribution in [0.25, 0.3) is 0 Å². The molecule has 7 heteroatoms. The summed E-state index contributed by atoms with van der Waals surface area (Å²) in [5.41, 5.74) is 0.972. The van der Waals surface area contributed by atoms with E-state index in [1.807, 2.05) is 0 Å². The molecule has 0 bridgehead atoms. The van der Waals surface area contributed by atoms with Crippen molar-refractivity contribution in [3.63, 3.8) is 0 Å². The Morgan fingerprint density at radius 1 is 1.32 bits per heavy atom. The quantitative estimate of drug-likeness (QED) is 0.670. The lowest BCUT2D eigenvalue weighted by Crippen LogP contribution is -2.13. The number of rotatable bonds is 3. The van der Waals surface area contributed by atoms with Crippen molar-refractivity contribution in [2.45, 2.75) is 6.92 Å². The minimum absolute atomic E-state index is 0.143. The van der Waals surface area contributed by atoms with Gasteiger partial charge >= 0.3 is 0 Å². The zero-order valence-electron chi connectivity index (χ0n) is 10.0. The van der Waals surface area contributed by atoms with Crippen LogP contribution in [0.3, 0.4) is 0 Å². The molecule has 1 aromatic carbocycles. The molecule has 1 amide bonds. The fourth-order valence-corrected chi connectivity index (χ4v) is 1.51. The monoisotopic (exact) mass is 258 g/mol. The lowest BCUT2D eigenvalue weighted by Gasteiger charge is -2.06. The Kier molecular flexibility index (Phi) is 3.46. The average Bonchev–Trinajstić information content (AvgIpc) is 2.41. The third-order valence-electron chi connectivity index (χ3n) is 2.42. The van der Waals surface area contributed by atoms with Gasteiger partial charge < -0.3 is 5.32 Å². The average molecular weight is 258 g/mol. The number of amides is 1. The van der Waals surface area contributed by atoms with E-state index in [1.54, 1.807) is 13.0 Å². The highest BCUT2D eigenvalue weighted by atomic mass is 16.6. The van der Waals surface area contributed by atoms with Crippen LogP contribution in [0.1, 0.15) is 15.9 Å². The van der Waals surface area contributed by atoms with E-state index in [0.29, 0.717) is 0 Å². The molecule has 2 rings (SSSR count). The Bertz CT molecular complexity index is 628. The Labute approximate surface area is 108 Å². The molecule has 0 saturated heterocycles. The number of nitrogens with zero attached hydrogens (tertiary/aromatic N) is 3. The minimum Gasteiger partial charge on any atom is -0.316 e. The summed E-state index contributed by atoms with van der Waals surface area (Å²) < 4.78 is 0. The summed E-state index contributed by atoms with van der Waals surface area (Å²) in [5.74, 6) is -0.493. The van der Waals surface area contributed by atoms with Crippen LogP contribution in [0.15, 0.2) is 36.9 Å². The highest BCUT2D eigenvalue weighted by Gasteiger charge is 2.16. The van der Waals surface area contributed by atoms with E-state index in [4.69, 9.17) is 0 Å². The van der Waals surface area contributed by atoms with Crippen molar-refractivity contribution >= 4 is 17.3 Å². The summed E-state index contributed by atoms with van der Waals surface area (Å²) in [6, 6.07) is 4.58. The van der Waals surface area contributed by atoms with Gasteiger partial charge in [-0.05, 0) is 18.6 Å². The van der Waals surface area contributed by atoms with Gasteiger partial charge in [-0.25, -0.2) is 9.97 Å². The van der Waals surface area contributed by atoms with Gasteiger partial charge in [0.15, 0.2) is 0 Å². The largest absolute Gasteiger partial charge is 0.316 e. The van der Waals surface area contributed by atoms with Crippen LogP contribution >= 0.6 is 0 Å². The predicted octanol–water partition coefficient (Wildman–Crippen LogP) is 1.95. The molecule has 0 aliphatic heterocycles. The molecule has 0 unspecified atom stereocenters. The molecule has 7 nitrogen and oxygen atoms in total. The van der Waals surface area contributed by atoms with E-state index >= 15 is 0 Å². The van der Waals surface area contributed by atoms with Gasteiger partial charge in [-0.1, -0.05) is 6.07 Å². The molecule has 0 saturated carbocycles. The Hall–Kier alpha value is -2.83. The number of nitro groups is 1. The molecule has 1 N–H and O–H groups in total. The van der Waals surface area contributed by atoms with Gasteiger partial charge in [0.25, 0.3) is 11.6 Å². The number of nitro benzene ring substituents is 1. The fourth-order valence-electron chi connectivity index (χ4n) is 1.51. The third kappa shape index (κ3) is 2.89. The lowest BCUT2D eigenvalue weighted by molar-refractivity contribution is -0.384. The van der Waals surface area contributed by atoms with Gasteiger partial charge in [-0.15, -0.1) is 0 Å². The summed E-state index contributed by atoms with van der Waals surface area (Å²) in [5, 5.41) is 13.4. The molecule has 0 radical (unpaired) electrons. The highest BCUT2D eigenvalue weighted by Crippen LogP contribution is 2.25. The van der Waals surface area contributed by atoms with Crippen molar-refractivity contribution < 1.29 is 9.72 Å². The standard InChI is InChI=1S/C12H10N4O3/c1-8-2-3-10(11(4-8)16(18)19)15-12(17)9-5-13-7-14-6-9/h2-7H,1H3,(H,15,17). The summed E-state index contributed by atoms with van der Waals surface area (Å²) >= 11 is 0. The van der Waals surface area contributed by atoms with Crippen molar-refractivity contribution in [2.75, 3.05) is 5.32 Å². The number of hydrogen-bond donors (Lipinski definition) is 1. The number of nitrogens with one attached hydrogen (secondary N) is 1. The minimum atomic E-state index is -0.538. The third-order valence-corrected chi connectivity index (χ3v) is 2.42. The van der Waals surface area contributed by atoms with Crippen LogP contribution in [0, 0.1) is 17.0 Å². The maximum absolute atomic E-state index is 11.9. The first-order valence-corrected chi connectivity index (χ1v) is 5.39. The Morgan fingerprint density at radius 3 is 2.63 bits per heavy atom. The number of aryl methyl sites for hydroxylation is 1. The van der Waals surface area contributed by atoms with E-state index in [1.165, 1.54) is 30.9 Å². The SMILES string of the molecule is Cc1ccc(NC(=O)c2cncnc2)c([N+](=O)[O-])c1. The van der Waals surface area contributed by atoms with Crippen molar-refractivity contribution in [1.29, 1.82) is 0 Å². The Morgan fingerprint density at radius 2 is 2.00 bits per heavy atom. The van der Waals surface area contributed by atoms with Crippen molar-refractivity contribution in [1.82, 2.24) is 9.97 Å². The molecule has 0 spiro atoms. The van der Waals surface area contributed by atoms with Crippen LogP contribution in [0.2, 0.25) is 0 Å². The van der Waals surface area contributed by atoms with E-state index in [-0.39, 0.29) is 16.9 Å². The smallest absolute Gasteiger partial charge is 0.293 e. The lowest BCUT2D eigenvalue weighted by atomic mass is 10.2. The van der Waals surface area contributed by atoms with Crippen LogP contribution in [0.4, 0.5) is 11.4 Å². The van der Waals surface area contributed by atoms with E-state index in [2.05, 4.69) is 15.3 Å². The van der Waals surface area contributed by atoms with E-state index in [0.717, 1.165) is 5.56 Å². The molecular weight excluding hydrogens is 248 g/mol.